The molecule has 1 aliphatic carbocycles. The fourth-order valence-electron chi connectivity index (χ4n) is 3.60. The number of hydrogen-bond donors (Lipinski definition) is 2. The first-order valence-corrected chi connectivity index (χ1v) is 9.83. The first kappa shape index (κ1) is 19.0. The summed E-state index contributed by atoms with van der Waals surface area (Å²) in [6, 6.07) is 5.22. The highest BCUT2D eigenvalue weighted by molar-refractivity contribution is 7.92. The minimum Gasteiger partial charge on any atom is -0.345 e. The standard InChI is InChI=1S/C16H23N3O3S.ClH/c1-23(21,22)19-9-6-12-10-13(4-5-14(12)19)15(20)18-16(11-17)7-2-3-8-16;/h4-5,10H,2-3,6-9,11,17H2,1H3,(H,18,20);1H. The lowest BCUT2D eigenvalue weighted by Gasteiger charge is -2.28. The van der Waals surface area contributed by atoms with Crippen molar-refractivity contribution in [1.82, 2.24) is 5.32 Å². The molecule has 3 N–H and O–H groups in total. The van der Waals surface area contributed by atoms with Crippen LogP contribution in [-0.2, 0) is 16.4 Å². The van der Waals surface area contributed by atoms with Crippen molar-refractivity contribution in [3.63, 3.8) is 0 Å². The number of benzene rings is 1. The van der Waals surface area contributed by atoms with Crippen molar-refractivity contribution in [2.24, 2.45) is 5.73 Å². The number of rotatable bonds is 4. The Labute approximate surface area is 149 Å². The zero-order valence-corrected chi connectivity index (χ0v) is 15.4. The zero-order valence-electron chi connectivity index (χ0n) is 13.7. The number of halogens is 1. The summed E-state index contributed by atoms with van der Waals surface area (Å²) >= 11 is 0. The SMILES string of the molecule is CS(=O)(=O)N1CCc2cc(C(=O)NC3(CN)CCCC3)ccc21.Cl. The van der Waals surface area contributed by atoms with Crippen LogP contribution >= 0.6 is 12.4 Å². The van der Waals surface area contributed by atoms with Gasteiger partial charge in [-0.3, -0.25) is 9.10 Å². The number of anilines is 1. The molecular formula is C16H24ClN3O3S. The predicted octanol–water partition coefficient (Wildman–Crippen LogP) is 1.43. The molecule has 134 valence electrons. The predicted molar refractivity (Wildman–Crippen MR) is 97.3 cm³/mol. The van der Waals surface area contributed by atoms with E-state index in [0.29, 0.717) is 30.8 Å². The first-order valence-electron chi connectivity index (χ1n) is 7.98. The van der Waals surface area contributed by atoms with Gasteiger partial charge in [0.2, 0.25) is 10.0 Å². The third-order valence-corrected chi connectivity index (χ3v) is 6.10. The second-order valence-electron chi connectivity index (χ2n) is 6.57. The van der Waals surface area contributed by atoms with E-state index in [1.165, 1.54) is 10.6 Å². The molecule has 0 bridgehead atoms. The normalized spacial score (nSPS) is 18.8. The molecule has 1 saturated carbocycles. The number of fused-ring (bicyclic) bond motifs is 1. The van der Waals surface area contributed by atoms with Gasteiger partial charge in [-0.2, -0.15) is 0 Å². The number of hydrogen-bond acceptors (Lipinski definition) is 4. The Balaban J connectivity index is 0.00000208. The summed E-state index contributed by atoms with van der Waals surface area (Å²) in [6.07, 6.45) is 5.85. The molecule has 6 nitrogen and oxygen atoms in total. The molecule has 24 heavy (non-hydrogen) atoms. The van der Waals surface area contributed by atoms with E-state index < -0.39 is 10.0 Å². The molecule has 1 fully saturated rings. The molecule has 0 aromatic heterocycles. The van der Waals surface area contributed by atoms with Crippen LogP contribution in [0.5, 0.6) is 0 Å². The average molecular weight is 374 g/mol. The van der Waals surface area contributed by atoms with E-state index in [4.69, 9.17) is 5.73 Å². The molecule has 3 rings (SSSR count). The molecule has 2 aliphatic rings. The van der Waals surface area contributed by atoms with E-state index >= 15 is 0 Å². The molecule has 1 amide bonds. The van der Waals surface area contributed by atoms with Crippen LogP contribution in [-0.4, -0.2) is 39.2 Å². The maximum absolute atomic E-state index is 12.5. The fourth-order valence-corrected chi connectivity index (χ4v) is 4.56. The Bertz CT molecular complexity index is 730. The van der Waals surface area contributed by atoms with Gasteiger partial charge in [-0.15, -0.1) is 12.4 Å². The summed E-state index contributed by atoms with van der Waals surface area (Å²) in [5, 5.41) is 3.10. The Morgan fingerprint density at radius 2 is 2.00 bits per heavy atom. The van der Waals surface area contributed by atoms with Crippen molar-refractivity contribution in [2.45, 2.75) is 37.6 Å². The molecule has 0 saturated heterocycles. The fraction of sp³-hybridized carbons (Fsp3) is 0.562. The van der Waals surface area contributed by atoms with Gasteiger partial charge in [0.1, 0.15) is 0 Å². The van der Waals surface area contributed by atoms with Gasteiger partial charge < -0.3 is 11.1 Å². The Hall–Kier alpha value is -1.31. The molecule has 1 aromatic rings. The number of nitrogens with zero attached hydrogens (tertiary/aromatic N) is 1. The second-order valence-corrected chi connectivity index (χ2v) is 8.48. The molecule has 0 spiro atoms. The van der Waals surface area contributed by atoms with Crippen LogP contribution in [0.1, 0.15) is 41.6 Å². The van der Waals surface area contributed by atoms with E-state index in [2.05, 4.69) is 5.32 Å². The molecule has 1 heterocycles. The van der Waals surface area contributed by atoms with Gasteiger partial charge >= 0.3 is 0 Å². The third-order valence-electron chi connectivity index (χ3n) is 4.93. The molecule has 0 atom stereocenters. The Morgan fingerprint density at radius 1 is 1.33 bits per heavy atom. The molecule has 0 radical (unpaired) electrons. The molecule has 1 aliphatic heterocycles. The van der Waals surface area contributed by atoms with Crippen LogP contribution < -0.4 is 15.4 Å². The number of nitrogens with one attached hydrogen (secondary N) is 1. The number of carbonyl (C=O) groups is 1. The van der Waals surface area contributed by atoms with Gasteiger partial charge in [0.15, 0.2) is 0 Å². The smallest absolute Gasteiger partial charge is 0.251 e. The van der Waals surface area contributed by atoms with Crippen LogP contribution in [0.25, 0.3) is 0 Å². The van der Waals surface area contributed by atoms with Crippen LogP contribution in [0, 0.1) is 0 Å². The molecule has 8 heteroatoms. The first-order chi connectivity index (χ1) is 10.8. The highest BCUT2D eigenvalue weighted by Crippen LogP contribution is 2.32. The van der Waals surface area contributed by atoms with Crippen molar-refractivity contribution in [1.29, 1.82) is 0 Å². The van der Waals surface area contributed by atoms with Crippen LogP contribution in [0.3, 0.4) is 0 Å². The lowest BCUT2D eigenvalue weighted by atomic mass is 9.97. The summed E-state index contributed by atoms with van der Waals surface area (Å²) < 4.78 is 24.9. The second kappa shape index (κ2) is 6.90. The maximum atomic E-state index is 12.5. The summed E-state index contributed by atoms with van der Waals surface area (Å²) in [5.74, 6) is -0.127. The number of sulfonamides is 1. The summed E-state index contributed by atoms with van der Waals surface area (Å²) in [5.41, 5.74) is 7.73. The van der Waals surface area contributed by atoms with Gasteiger partial charge in [0, 0.05) is 18.7 Å². The van der Waals surface area contributed by atoms with Crippen molar-refractivity contribution in [2.75, 3.05) is 23.7 Å². The van der Waals surface area contributed by atoms with Crippen molar-refractivity contribution < 1.29 is 13.2 Å². The van der Waals surface area contributed by atoms with Gasteiger partial charge in [-0.1, -0.05) is 12.8 Å². The number of nitrogens with two attached hydrogens (primary N) is 1. The van der Waals surface area contributed by atoms with E-state index in [1.807, 2.05) is 0 Å². The van der Waals surface area contributed by atoms with Gasteiger partial charge in [0.25, 0.3) is 5.91 Å². The highest BCUT2D eigenvalue weighted by Gasteiger charge is 2.34. The van der Waals surface area contributed by atoms with Crippen molar-refractivity contribution in [3.8, 4) is 0 Å². The summed E-state index contributed by atoms with van der Waals surface area (Å²) in [7, 11) is -3.27. The van der Waals surface area contributed by atoms with Crippen molar-refractivity contribution in [3.05, 3.63) is 29.3 Å². The topological polar surface area (TPSA) is 92.5 Å². The monoisotopic (exact) mass is 373 g/mol. The summed E-state index contributed by atoms with van der Waals surface area (Å²) in [4.78, 5) is 12.5. The van der Waals surface area contributed by atoms with E-state index in [0.717, 1.165) is 31.2 Å². The minimum absolute atomic E-state index is 0. The van der Waals surface area contributed by atoms with E-state index in [9.17, 15) is 13.2 Å². The van der Waals surface area contributed by atoms with Gasteiger partial charge in [-0.25, -0.2) is 8.42 Å². The quantitative estimate of drug-likeness (QED) is 0.835. The highest BCUT2D eigenvalue weighted by atomic mass is 35.5. The van der Waals surface area contributed by atoms with Gasteiger partial charge in [0.05, 0.1) is 17.5 Å². The molecule has 1 aromatic carbocycles. The van der Waals surface area contributed by atoms with Gasteiger partial charge in [-0.05, 0) is 43.0 Å². The number of carbonyl (C=O) groups excluding carboxylic acids is 1. The lowest BCUT2D eigenvalue weighted by Crippen LogP contribution is -2.51. The van der Waals surface area contributed by atoms with Crippen LogP contribution in [0.4, 0.5) is 5.69 Å². The Morgan fingerprint density at radius 3 is 2.58 bits per heavy atom. The van der Waals surface area contributed by atoms with E-state index in [-0.39, 0.29) is 23.9 Å². The van der Waals surface area contributed by atoms with Crippen LogP contribution in [0.15, 0.2) is 18.2 Å². The van der Waals surface area contributed by atoms with Crippen molar-refractivity contribution >= 4 is 34.0 Å². The Kier molecular flexibility index (Phi) is 5.47. The third kappa shape index (κ3) is 3.53. The minimum atomic E-state index is -3.27. The average Bonchev–Trinajstić information content (AvgIpc) is 3.12. The number of amides is 1. The maximum Gasteiger partial charge on any atom is 0.251 e. The van der Waals surface area contributed by atoms with Crippen LogP contribution in [0.2, 0.25) is 0 Å². The summed E-state index contributed by atoms with van der Waals surface area (Å²) in [6.45, 7) is 0.886. The molecule has 0 unspecified atom stereocenters. The van der Waals surface area contributed by atoms with E-state index in [1.54, 1.807) is 18.2 Å². The lowest BCUT2D eigenvalue weighted by molar-refractivity contribution is 0.0903. The largest absolute Gasteiger partial charge is 0.345 e. The molecular weight excluding hydrogens is 350 g/mol. The zero-order chi connectivity index (χ0) is 16.7.